The lowest BCUT2D eigenvalue weighted by molar-refractivity contribution is 0.771. The van der Waals surface area contributed by atoms with E-state index >= 15 is 0 Å². The Labute approximate surface area is 263 Å². The van der Waals surface area contributed by atoms with Crippen molar-refractivity contribution in [3.05, 3.63) is 146 Å². The molecule has 0 aliphatic rings. The lowest BCUT2D eigenvalue weighted by Crippen LogP contribution is -2.10. The normalized spacial score (nSPS) is 11.7. The first-order chi connectivity index (χ1) is 22.2. The molecule has 0 aliphatic carbocycles. The van der Waals surface area contributed by atoms with Gasteiger partial charge in [-0.25, -0.2) is 4.98 Å². The second kappa shape index (κ2) is 10.2. The predicted octanol–water partition coefficient (Wildman–Crippen LogP) is 10.4. The Morgan fingerprint density at radius 2 is 1.40 bits per heavy atom. The van der Waals surface area contributed by atoms with Gasteiger partial charge in [-0.2, -0.15) is 5.10 Å². The Hall–Kier alpha value is -5.72. The van der Waals surface area contributed by atoms with Crippen LogP contribution >= 0.6 is 11.3 Å². The highest BCUT2D eigenvalue weighted by Gasteiger charge is 2.21. The third-order valence-electron chi connectivity index (χ3n) is 8.53. The quantitative estimate of drug-likeness (QED) is 0.198. The van der Waals surface area contributed by atoms with E-state index in [-0.39, 0.29) is 0 Å². The van der Waals surface area contributed by atoms with Gasteiger partial charge in [0, 0.05) is 62.6 Å². The van der Waals surface area contributed by atoms with Crippen LogP contribution in [-0.2, 0) is 7.05 Å². The molecule has 0 atom stereocenters. The van der Waals surface area contributed by atoms with E-state index in [0.29, 0.717) is 0 Å². The molecule has 5 nitrogen and oxygen atoms in total. The van der Waals surface area contributed by atoms with Crippen LogP contribution in [0.1, 0.15) is 0 Å². The highest BCUT2D eigenvalue weighted by atomic mass is 32.1. The number of aryl methyl sites for hydroxylation is 1. The molecule has 0 unspecified atom stereocenters. The Morgan fingerprint density at radius 3 is 2.27 bits per heavy atom. The molecule has 4 aromatic heterocycles. The molecule has 9 aromatic rings. The summed E-state index contributed by atoms with van der Waals surface area (Å²) >= 11 is 1.84. The molecule has 9 rings (SSSR count). The predicted molar refractivity (Wildman–Crippen MR) is 188 cm³/mol. The number of para-hydroxylation sites is 1. The van der Waals surface area contributed by atoms with Crippen LogP contribution in [0.2, 0.25) is 0 Å². The highest BCUT2D eigenvalue weighted by molar-refractivity contribution is 7.26. The van der Waals surface area contributed by atoms with Gasteiger partial charge in [0.2, 0.25) is 0 Å². The molecule has 0 saturated carbocycles. The van der Waals surface area contributed by atoms with Crippen molar-refractivity contribution in [2.45, 2.75) is 0 Å². The Kier molecular flexibility index (Phi) is 5.83. The van der Waals surface area contributed by atoms with Crippen molar-refractivity contribution in [2.24, 2.45) is 7.05 Å². The second-order valence-electron chi connectivity index (χ2n) is 11.3. The van der Waals surface area contributed by atoms with Gasteiger partial charge in [-0.15, -0.1) is 11.3 Å². The van der Waals surface area contributed by atoms with Gasteiger partial charge < -0.3 is 4.90 Å². The number of thiophene rings is 1. The van der Waals surface area contributed by atoms with E-state index in [1.165, 1.54) is 30.9 Å². The van der Waals surface area contributed by atoms with Crippen molar-refractivity contribution < 1.29 is 0 Å². The number of aromatic nitrogens is 4. The van der Waals surface area contributed by atoms with Crippen LogP contribution in [0.25, 0.3) is 59.1 Å². The number of hydrogen-bond acceptors (Lipinski definition) is 4. The zero-order chi connectivity index (χ0) is 29.9. The summed E-state index contributed by atoms with van der Waals surface area (Å²) in [6, 6.07) is 47.6. The molecule has 0 N–H and O–H groups in total. The van der Waals surface area contributed by atoms with Crippen LogP contribution in [0.4, 0.5) is 17.1 Å². The molecule has 4 heterocycles. The molecule has 0 spiro atoms. The maximum Gasteiger partial charge on any atom is 0.137 e. The molecular weight excluding hydrogens is 571 g/mol. The number of benzene rings is 5. The first-order valence-corrected chi connectivity index (χ1v) is 15.8. The summed E-state index contributed by atoms with van der Waals surface area (Å²) in [5, 5.41) is 9.66. The minimum absolute atomic E-state index is 0.899. The maximum absolute atomic E-state index is 4.77. The Balaban J connectivity index is 1.34. The topological polar surface area (TPSA) is 38.9 Å². The Bertz CT molecular complexity index is 2520. The van der Waals surface area contributed by atoms with Gasteiger partial charge in [0.05, 0.1) is 27.1 Å². The van der Waals surface area contributed by atoms with Crippen molar-refractivity contribution in [2.75, 3.05) is 4.90 Å². The lowest BCUT2D eigenvalue weighted by Gasteiger charge is -2.27. The number of pyridine rings is 1. The lowest BCUT2D eigenvalue weighted by atomic mass is 10.1. The number of anilines is 3. The largest absolute Gasteiger partial charge is 0.309 e. The molecule has 0 radical (unpaired) electrons. The van der Waals surface area contributed by atoms with E-state index in [2.05, 4.69) is 131 Å². The summed E-state index contributed by atoms with van der Waals surface area (Å²) in [6.07, 6.45) is 3.85. The van der Waals surface area contributed by atoms with Crippen LogP contribution in [0.15, 0.2) is 146 Å². The standard InChI is InChI=1S/C39H27N5S/c1-42-23-21-33(41-42)26-10-8-11-27(24-26)43(35-16-9-14-32-31-13-3-5-17-37(31)45-39(32)35)28-19-20-30-29-12-2-4-15-34(29)44(36(30)25-28)38-18-6-7-22-40-38/h2-25H,1H3. The van der Waals surface area contributed by atoms with Crippen molar-refractivity contribution in [1.82, 2.24) is 19.3 Å². The molecule has 0 amide bonds. The van der Waals surface area contributed by atoms with E-state index in [1.54, 1.807) is 0 Å². The molecule has 0 saturated heterocycles. The fourth-order valence-corrected chi connectivity index (χ4v) is 7.75. The molecule has 6 heteroatoms. The van der Waals surface area contributed by atoms with Crippen molar-refractivity contribution in [1.29, 1.82) is 0 Å². The van der Waals surface area contributed by atoms with Gasteiger partial charge in [0.1, 0.15) is 5.82 Å². The summed E-state index contributed by atoms with van der Waals surface area (Å²) in [6.45, 7) is 0. The first-order valence-electron chi connectivity index (χ1n) is 15.0. The van der Waals surface area contributed by atoms with Crippen molar-refractivity contribution in [3.8, 4) is 17.1 Å². The second-order valence-corrected chi connectivity index (χ2v) is 12.3. The summed E-state index contributed by atoms with van der Waals surface area (Å²) in [5.41, 5.74) is 7.57. The average molecular weight is 598 g/mol. The van der Waals surface area contributed by atoms with Gasteiger partial charge in [0.15, 0.2) is 0 Å². The number of hydrogen-bond donors (Lipinski definition) is 0. The van der Waals surface area contributed by atoms with Crippen LogP contribution in [0.5, 0.6) is 0 Å². The summed E-state index contributed by atoms with van der Waals surface area (Å²) < 4.78 is 6.67. The third-order valence-corrected chi connectivity index (χ3v) is 9.74. The summed E-state index contributed by atoms with van der Waals surface area (Å²) in [7, 11) is 1.96. The third kappa shape index (κ3) is 4.14. The van der Waals surface area contributed by atoms with Gasteiger partial charge in [-0.05, 0) is 60.7 Å². The molecule has 5 aromatic carbocycles. The number of rotatable bonds is 5. The number of fused-ring (bicyclic) bond motifs is 6. The van der Waals surface area contributed by atoms with E-state index in [9.17, 15) is 0 Å². The zero-order valence-electron chi connectivity index (χ0n) is 24.5. The molecule has 0 fully saturated rings. The minimum Gasteiger partial charge on any atom is -0.309 e. The van der Waals surface area contributed by atoms with Crippen LogP contribution in [-0.4, -0.2) is 19.3 Å². The van der Waals surface area contributed by atoms with Crippen LogP contribution < -0.4 is 4.90 Å². The SMILES string of the molecule is Cn1ccc(-c2cccc(N(c3ccc4c5ccccc5n(-c5ccccn5)c4c3)c3cccc4c3sc3ccccc34)c2)n1. The monoisotopic (exact) mass is 597 g/mol. The van der Waals surface area contributed by atoms with Gasteiger partial charge in [-0.1, -0.05) is 72.8 Å². The van der Waals surface area contributed by atoms with Gasteiger partial charge in [0.25, 0.3) is 0 Å². The van der Waals surface area contributed by atoms with Gasteiger partial charge in [-0.3, -0.25) is 9.25 Å². The maximum atomic E-state index is 4.77. The molecular formula is C39H27N5S. The smallest absolute Gasteiger partial charge is 0.137 e. The van der Waals surface area contributed by atoms with Crippen LogP contribution in [0.3, 0.4) is 0 Å². The summed E-state index contributed by atoms with van der Waals surface area (Å²) in [5.74, 6) is 0.899. The average Bonchev–Trinajstić information content (AvgIpc) is 3.79. The first kappa shape index (κ1) is 25.7. The fourth-order valence-electron chi connectivity index (χ4n) is 6.54. The fraction of sp³-hybridized carbons (Fsp3) is 0.0256. The molecule has 214 valence electrons. The minimum atomic E-state index is 0.899. The van der Waals surface area contributed by atoms with Crippen molar-refractivity contribution >= 4 is 70.4 Å². The molecule has 0 aliphatic heterocycles. The van der Waals surface area contributed by atoms with Gasteiger partial charge >= 0.3 is 0 Å². The van der Waals surface area contributed by atoms with E-state index < -0.39 is 0 Å². The zero-order valence-corrected chi connectivity index (χ0v) is 25.3. The Morgan fingerprint density at radius 1 is 0.622 bits per heavy atom. The molecule has 0 bridgehead atoms. The van der Waals surface area contributed by atoms with E-state index in [1.807, 2.05) is 47.6 Å². The summed E-state index contributed by atoms with van der Waals surface area (Å²) in [4.78, 5) is 7.16. The van der Waals surface area contributed by atoms with Crippen LogP contribution in [0, 0.1) is 0 Å². The van der Waals surface area contributed by atoms with E-state index in [0.717, 1.165) is 45.2 Å². The number of nitrogens with zero attached hydrogens (tertiary/aromatic N) is 5. The van der Waals surface area contributed by atoms with Crippen molar-refractivity contribution in [3.63, 3.8) is 0 Å². The molecule has 45 heavy (non-hydrogen) atoms. The highest BCUT2D eigenvalue weighted by Crippen LogP contribution is 2.46. The van der Waals surface area contributed by atoms with E-state index in [4.69, 9.17) is 10.1 Å².